The zero-order chi connectivity index (χ0) is 13.8. The van der Waals surface area contributed by atoms with Crippen LogP contribution >= 0.6 is 27.5 Å². The van der Waals surface area contributed by atoms with Crippen LogP contribution in [0.1, 0.15) is 18.5 Å². The number of anilines is 1. The predicted molar refractivity (Wildman–Crippen MR) is 84.2 cm³/mol. The second kappa shape index (κ2) is 6.31. The average Bonchev–Trinajstić information content (AvgIpc) is 2.43. The number of benzene rings is 2. The number of halogens is 2. The van der Waals surface area contributed by atoms with Gasteiger partial charge in [0, 0.05) is 10.5 Å². The van der Waals surface area contributed by atoms with Gasteiger partial charge < -0.3 is 10.1 Å². The highest BCUT2D eigenvalue weighted by atomic mass is 79.9. The summed E-state index contributed by atoms with van der Waals surface area (Å²) >= 11 is 9.62. The Balaban J connectivity index is 2.15. The Morgan fingerprint density at radius 1 is 1.16 bits per heavy atom. The molecule has 0 spiro atoms. The molecule has 0 aliphatic heterocycles. The molecule has 0 saturated carbocycles. The quantitative estimate of drug-likeness (QED) is 0.817. The van der Waals surface area contributed by atoms with E-state index in [1.165, 1.54) is 5.56 Å². The minimum Gasteiger partial charge on any atom is -0.497 e. The van der Waals surface area contributed by atoms with Crippen molar-refractivity contribution in [3.8, 4) is 5.75 Å². The molecule has 0 aliphatic rings. The maximum atomic E-state index is 6.17. The highest BCUT2D eigenvalue weighted by Crippen LogP contribution is 2.29. The molecule has 2 aromatic carbocycles. The van der Waals surface area contributed by atoms with Gasteiger partial charge in [0.25, 0.3) is 0 Å². The largest absolute Gasteiger partial charge is 0.497 e. The Bertz CT molecular complexity index is 557. The van der Waals surface area contributed by atoms with Crippen LogP contribution in [0.2, 0.25) is 5.02 Å². The fourth-order valence-electron chi connectivity index (χ4n) is 1.82. The van der Waals surface area contributed by atoms with E-state index < -0.39 is 0 Å². The van der Waals surface area contributed by atoms with Gasteiger partial charge in [0.05, 0.1) is 17.8 Å². The van der Waals surface area contributed by atoms with E-state index in [1.54, 1.807) is 7.11 Å². The molecule has 2 rings (SSSR count). The molecule has 100 valence electrons. The summed E-state index contributed by atoms with van der Waals surface area (Å²) in [6, 6.07) is 13.9. The first-order valence-corrected chi connectivity index (χ1v) is 7.13. The fourth-order valence-corrected chi connectivity index (χ4v) is 2.35. The van der Waals surface area contributed by atoms with Gasteiger partial charge in [-0.05, 0) is 42.8 Å². The molecule has 0 saturated heterocycles. The maximum Gasteiger partial charge on any atom is 0.118 e. The van der Waals surface area contributed by atoms with Crippen molar-refractivity contribution in [3.63, 3.8) is 0 Å². The Kier molecular flexibility index (Phi) is 4.72. The Labute approximate surface area is 126 Å². The summed E-state index contributed by atoms with van der Waals surface area (Å²) in [5.74, 6) is 0.858. The van der Waals surface area contributed by atoms with Crippen LogP contribution in [0.3, 0.4) is 0 Å². The van der Waals surface area contributed by atoms with E-state index in [2.05, 4.69) is 28.2 Å². The van der Waals surface area contributed by atoms with Crippen LogP contribution in [0.25, 0.3) is 0 Å². The third kappa shape index (κ3) is 3.64. The van der Waals surface area contributed by atoms with Crippen molar-refractivity contribution in [2.45, 2.75) is 13.0 Å². The summed E-state index contributed by atoms with van der Waals surface area (Å²) in [6.07, 6.45) is 0. The van der Waals surface area contributed by atoms with Gasteiger partial charge in [0.15, 0.2) is 0 Å². The topological polar surface area (TPSA) is 21.3 Å². The molecule has 2 aromatic rings. The zero-order valence-corrected chi connectivity index (χ0v) is 13.1. The summed E-state index contributed by atoms with van der Waals surface area (Å²) in [6.45, 7) is 2.10. The van der Waals surface area contributed by atoms with Gasteiger partial charge in [-0.3, -0.25) is 0 Å². The monoisotopic (exact) mass is 339 g/mol. The lowest BCUT2D eigenvalue weighted by Crippen LogP contribution is -2.06. The number of methoxy groups -OCH3 is 1. The number of hydrogen-bond acceptors (Lipinski definition) is 2. The molecule has 0 aromatic heterocycles. The first-order chi connectivity index (χ1) is 9.10. The van der Waals surface area contributed by atoms with Crippen LogP contribution in [0.15, 0.2) is 46.9 Å². The summed E-state index contributed by atoms with van der Waals surface area (Å²) in [5.41, 5.74) is 2.09. The molecule has 1 N–H and O–H groups in total. The van der Waals surface area contributed by atoms with Crippen molar-refractivity contribution < 1.29 is 4.74 Å². The molecule has 1 unspecified atom stereocenters. The van der Waals surface area contributed by atoms with Crippen LogP contribution in [0, 0.1) is 0 Å². The standard InChI is InChI=1S/C15H15BrClNO/c1-10(11-3-6-13(19-2)7-4-11)18-15-9-12(16)5-8-14(15)17/h3-10,18H,1-2H3. The molecule has 0 aliphatic carbocycles. The molecule has 0 bridgehead atoms. The lowest BCUT2D eigenvalue weighted by atomic mass is 10.1. The van der Waals surface area contributed by atoms with Crippen molar-refractivity contribution >= 4 is 33.2 Å². The van der Waals surface area contributed by atoms with E-state index in [4.69, 9.17) is 16.3 Å². The second-order valence-electron chi connectivity index (χ2n) is 4.26. The van der Waals surface area contributed by atoms with Gasteiger partial charge >= 0.3 is 0 Å². The van der Waals surface area contributed by atoms with Crippen LogP contribution in [0.4, 0.5) is 5.69 Å². The smallest absolute Gasteiger partial charge is 0.118 e. The van der Waals surface area contributed by atoms with Gasteiger partial charge in [-0.25, -0.2) is 0 Å². The van der Waals surface area contributed by atoms with Crippen molar-refractivity contribution in [3.05, 3.63) is 57.5 Å². The second-order valence-corrected chi connectivity index (χ2v) is 5.59. The van der Waals surface area contributed by atoms with Crippen LogP contribution in [-0.2, 0) is 0 Å². The maximum absolute atomic E-state index is 6.17. The summed E-state index contributed by atoms with van der Waals surface area (Å²) in [4.78, 5) is 0. The number of nitrogens with one attached hydrogen (secondary N) is 1. The highest BCUT2D eigenvalue weighted by molar-refractivity contribution is 9.10. The van der Waals surface area contributed by atoms with Gasteiger partial charge in [0.1, 0.15) is 5.75 Å². The highest BCUT2D eigenvalue weighted by Gasteiger charge is 2.08. The van der Waals surface area contributed by atoms with Crippen LogP contribution in [-0.4, -0.2) is 7.11 Å². The molecule has 0 amide bonds. The Morgan fingerprint density at radius 2 is 1.84 bits per heavy atom. The number of rotatable bonds is 4. The van der Waals surface area contributed by atoms with E-state index in [9.17, 15) is 0 Å². The third-order valence-electron chi connectivity index (χ3n) is 2.92. The minimum absolute atomic E-state index is 0.165. The minimum atomic E-state index is 0.165. The van der Waals surface area contributed by atoms with E-state index in [0.717, 1.165) is 15.9 Å². The SMILES string of the molecule is COc1ccc(C(C)Nc2cc(Br)ccc2Cl)cc1. The van der Waals surface area contributed by atoms with E-state index in [0.29, 0.717) is 5.02 Å². The molecular weight excluding hydrogens is 326 g/mol. The molecule has 19 heavy (non-hydrogen) atoms. The first kappa shape index (κ1) is 14.2. The van der Waals surface area contributed by atoms with Crippen molar-refractivity contribution in [1.82, 2.24) is 0 Å². The van der Waals surface area contributed by atoms with Crippen molar-refractivity contribution in [2.75, 3.05) is 12.4 Å². The molecule has 1 atom stereocenters. The normalized spacial score (nSPS) is 12.0. The summed E-state index contributed by atoms with van der Waals surface area (Å²) < 4.78 is 6.16. The van der Waals surface area contributed by atoms with Crippen molar-refractivity contribution in [1.29, 1.82) is 0 Å². The number of hydrogen-bond donors (Lipinski definition) is 1. The molecule has 0 heterocycles. The van der Waals surface area contributed by atoms with Crippen molar-refractivity contribution in [2.24, 2.45) is 0 Å². The number of ether oxygens (including phenoxy) is 1. The molecule has 0 fully saturated rings. The lowest BCUT2D eigenvalue weighted by molar-refractivity contribution is 0.414. The van der Waals surface area contributed by atoms with E-state index in [1.807, 2.05) is 42.5 Å². The fraction of sp³-hybridized carbons (Fsp3) is 0.200. The van der Waals surface area contributed by atoms with Gasteiger partial charge in [0.2, 0.25) is 0 Å². The predicted octanol–water partition coefficient (Wildman–Crippen LogP) is 5.28. The lowest BCUT2D eigenvalue weighted by Gasteiger charge is -2.17. The van der Waals surface area contributed by atoms with Crippen LogP contribution in [0.5, 0.6) is 5.75 Å². The van der Waals surface area contributed by atoms with E-state index >= 15 is 0 Å². The van der Waals surface area contributed by atoms with E-state index in [-0.39, 0.29) is 6.04 Å². The molecular formula is C15H15BrClNO. The third-order valence-corrected chi connectivity index (χ3v) is 3.74. The Hall–Kier alpha value is -1.19. The van der Waals surface area contributed by atoms with Gasteiger partial charge in [-0.15, -0.1) is 0 Å². The van der Waals surface area contributed by atoms with Gasteiger partial charge in [-0.2, -0.15) is 0 Å². The Morgan fingerprint density at radius 3 is 2.47 bits per heavy atom. The summed E-state index contributed by atoms with van der Waals surface area (Å²) in [7, 11) is 1.66. The molecule has 2 nitrogen and oxygen atoms in total. The zero-order valence-electron chi connectivity index (χ0n) is 10.8. The summed E-state index contributed by atoms with van der Waals surface area (Å²) in [5, 5.41) is 4.11. The molecule has 4 heteroatoms. The molecule has 0 radical (unpaired) electrons. The average molecular weight is 341 g/mol. The van der Waals surface area contributed by atoms with Crippen LogP contribution < -0.4 is 10.1 Å². The van der Waals surface area contributed by atoms with Gasteiger partial charge in [-0.1, -0.05) is 39.7 Å². The first-order valence-electron chi connectivity index (χ1n) is 5.95.